The summed E-state index contributed by atoms with van der Waals surface area (Å²) in [5.74, 6) is 0.528. The molecule has 0 spiro atoms. The number of fused-ring (bicyclic) bond motifs is 1. The normalized spacial score (nSPS) is 11.0. The highest BCUT2D eigenvalue weighted by atomic mass is 16.5. The van der Waals surface area contributed by atoms with Crippen LogP contribution in [0.2, 0.25) is 0 Å². The van der Waals surface area contributed by atoms with Gasteiger partial charge >= 0.3 is 5.97 Å². The van der Waals surface area contributed by atoms with Crippen molar-refractivity contribution in [3.8, 4) is 5.75 Å². The Morgan fingerprint density at radius 1 is 1.13 bits per heavy atom. The van der Waals surface area contributed by atoms with Gasteiger partial charge in [-0.15, -0.1) is 0 Å². The minimum absolute atomic E-state index is 0.0351. The summed E-state index contributed by atoms with van der Waals surface area (Å²) in [4.78, 5) is 29.8. The molecule has 0 aliphatic rings. The number of ether oxygens (including phenoxy) is 2. The number of benzene rings is 1. The molecule has 0 N–H and O–H groups in total. The molecule has 0 aliphatic carbocycles. The Bertz CT molecular complexity index is 1030. The largest absolute Gasteiger partial charge is 0.494 e. The lowest BCUT2D eigenvalue weighted by molar-refractivity contribution is -0.144. The van der Waals surface area contributed by atoms with Crippen LogP contribution in [-0.2, 0) is 23.1 Å². The molecule has 0 fully saturated rings. The fraction of sp³-hybridized carbons (Fsp3) is 0.348. The molecule has 158 valence electrons. The number of aryl methyl sites for hydroxylation is 1. The first-order valence-electron chi connectivity index (χ1n) is 10.1. The average molecular weight is 409 g/mol. The van der Waals surface area contributed by atoms with Gasteiger partial charge in [0, 0.05) is 44.0 Å². The zero-order valence-corrected chi connectivity index (χ0v) is 17.4. The van der Waals surface area contributed by atoms with E-state index in [2.05, 4.69) is 4.98 Å². The summed E-state index contributed by atoms with van der Waals surface area (Å²) in [5, 5.41) is 0.955. The van der Waals surface area contributed by atoms with Crippen molar-refractivity contribution in [3.05, 3.63) is 70.8 Å². The second-order valence-electron chi connectivity index (χ2n) is 7.02. The maximum atomic E-state index is 11.9. The molecule has 0 amide bonds. The van der Waals surface area contributed by atoms with Crippen LogP contribution in [-0.4, -0.2) is 46.7 Å². The smallest absolute Gasteiger partial charge is 0.320 e. The molecule has 1 aromatic carbocycles. The maximum Gasteiger partial charge on any atom is 0.320 e. The summed E-state index contributed by atoms with van der Waals surface area (Å²) >= 11 is 0. The molecule has 7 nitrogen and oxygen atoms in total. The van der Waals surface area contributed by atoms with Gasteiger partial charge in [0.2, 0.25) is 0 Å². The Labute approximate surface area is 175 Å². The Balaban J connectivity index is 1.56. The van der Waals surface area contributed by atoms with E-state index in [1.54, 1.807) is 43.1 Å². The van der Waals surface area contributed by atoms with Gasteiger partial charge in [0.25, 0.3) is 5.56 Å². The van der Waals surface area contributed by atoms with Crippen LogP contribution in [0.5, 0.6) is 5.75 Å². The Kier molecular flexibility index (Phi) is 7.57. The zero-order valence-electron chi connectivity index (χ0n) is 17.4. The first-order chi connectivity index (χ1) is 14.6. The summed E-state index contributed by atoms with van der Waals surface area (Å²) in [6, 6.07) is 12.9. The standard InChI is InChI=1S/C23H27N3O4/c1-3-29-23(28)17-26(16-18-9-11-24-12-10-18)13-4-14-30-20-6-7-21-19(15-20)5-8-22(27)25(21)2/h5-12,15H,3-4,13-14,16-17H2,1-2H3. The van der Waals surface area contributed by atoms with E-state index in [0.717, 1.165) is 28.6 Å². The minimum atomic E-state index is -0.229. The van der Waals surface area contributed by atoms with Gasteiger partial charge in [-0.25, -0.2) is 0 Å². The molecule has 2 aromatic heterocycles. The van der Waals surface area contributed by atoms with Crippen LogP contribution in [0.3, 0.4) is 0 Å². The van der Waals surface area contributed by atoms with E-state index >= 15 is 0 Å². The fourth-order valence-corrected chi connectivity index (χ4v) is 3.28. The van der Waals surface area contributed by atoms with Crippen molar-refractivity contribution < 1.29 is 14.3 Å². The number of hydrogen-bond donors (Lipinski definition) is 0. The Morgan fingerprint density at radius 3 is 2.70 bits per heavy atom. The first-order valence-corrected chi connectivity index (χ1v) is 10.1. The molecule has 3 aromatic rings. The van der Waals surface area contributed by atoms with Crippen molar-refractivity contribution in [1.82, 2.24) is 14.5 Å². The summed E-state index contributed by atoms with van der Waals surface area (Å²) in [6.07, 6.45) is 4.25. The number of carbonyl (C=O) groups excluding carboxylic acids is 1. The van der Waals surface area contributed by atoms with Crippen LogP contribution < -0.4 is 10.3 Å². The van der Waals surface area contributed by atoms with Crippen molar-refractivity contribution >= 4 is 16.9 Å². The Hall–Kier alpha value is -3.19. The van der Waals surface area contributed by atoms with Crippen molar-refractivity contribution in [1.29, 1.82) is 0 Å². The van der Waals surface area contributed by atoms with Gasteiger partial charge < -0.3 is 14.0 Å². The Morgan fingerprint density at radius 2 is 1.93 bits per heavy atom. The quantitative estimate of drug-likeness (QED) is 0.379. The van der Waals surface area contributed by atoms with Gasteiger partial charge in [-0.3, -0.25) is 19.5 Å². The number of hydrogen-bond acceptors (Lipinski definition) is 6. The third kappa shape index (κ3) is 5.90. The van der Waals surface area contributed by atoms with Crippen LogP contribution in [0, 0.1) is 0 Å². The van der Waals surface area contributed by atoms with E-state index < -0.39 is 0 Å². The van der Waals surface area contributed by atoms with Gasteiger partial charge in [-0.2, -0.15) is 0 Å². The highest BCUT2D eigenvalue weighted by Crippen LogP contribution is 2.19. The van der Waals surface area contributed by atoms with Gasteiger partial charge in [0.15, 0.2) is 0 Å². The zero-order chi connectivity index (χ0) is 21.3. The molecule has 0 aliphatic heterocycles. The monoisotopic (exact) mass is 409 g/mol. The average Bonchev–Trinajstić information content (AvgIpc) is 2.74. The maximum absolute atomic E-state index is 11.9. The van der Waals surface area contributed by atoms with Gasteiger partial charge in [0.05, 0.1) is 25.3 Å². The number of carbonyl (C=O) groups is 1. The third-order valence-electron chi connectivity index (χ3n) is 4.80. The molecule has 3 rings (SSSR count). The molecule has 0 saturated heterocycles. The van der Waals surface area contributed by atoms with E-state index in [4.69, 9.17) is 9.47 Å². The molecule has 0 saturated carbocycles. The molecule has 30 heavy (non-hydrogen) atoms. The third-order valence-corrected chi connectivity index (χ3v) is 4.80. The summed E-state index contributed by atoms with van der Waals surface area (Å²) in [6.45, 7) is 4.28. The lowest BCUT2D eigenvalue weighted by Crippen LogP contribution is -2.32. The van der Waals surface area contributed by atoms with E-state index in [1.165, 1.54) is 0 Å². The van der Waals surface area contributed by atoms with Crippen LogP contribution in [0.1, 0.15) is 18.9 Å². The second-order valence-corrected chi connectivity index (χ2v) is 7.02. The number of nitrogens with zero attached hydrogens (tertiary/aromatic N) is 3. The minimum Gasteiger partial charge on any atom is -0.494 e. The van der Waals surface area contributed by atoms with Crippen LogP contribution in [0.15, 0.2) is 59.7 Å². The fourth-order valence-electron chi connectivity index (χ4n) is 3.28. The number of rotatable bonds is 10. The molecule has 0 atom stereocenters. The number of aromatic nitrogens is 2. The van der Waals surface area contributed by atoms with E-state index in [9.17, 15) is 9.59 Å². The van der Waals surface area contributed by atoms with E-state index in [1.807, 2.05) is 35.2 Å². The lowest BCUT2D eigenvalue weighted by atomic mass is 10.2. The van der Waals surface area contributed by atoms with Crippen LogP contribution in [0.25, 0.3) is 10.9 Å². The van der Waals surface area contributed by atoms with Crippen LogP contribution >= 0.6 is 0 Å². The van der Waals surface area contributed by atoms with Crippen molar-refractivity contribution in [2.24, 2.45) is 7.05 Å². The molecule has 7 heteroatoms. The van der Waals surface area contributed by atoms with Gasteiger partial charge in [0.1, 0.15) is 5.75 Å². The SMILES string of the molecule is CCOC(=O)CN(CCCOc1ccc2c(ccc(=O)n2C)c1)Cc1ccncc1. The van der Waals surface area contributed by atoms with Crippen molar-refractivity contribution in [2.45, 2.75) is 19.9 Å². The predicted molar refractivity (Wildman–Crippen MR) is 115 cm³/mol. The van der Waals surface area contributed by atoms with E-state index in [-0.39, 0.29) is 18.1 Å². The molecular formula is C23H27N3O4. The second kappa shape index (κ2) is 10.5. The van der Waals surface area contributed by atoms with Gasteiger partial charge in [-0.05, 0) is 55.3 Å². The lowest BCUT2D eigenvalue weighted by Gasteiger charge is -2.21. The summed E-state index contributed by atoms with van der Waals surface area (Å²) in [7, 11) is 1.76. The topological polar surface area (TPSA) is 73.7 Å². The predicted octanol–water partition coefficient (Wildman–Crippen LogP) is 2.77. The van der Waals surface area contributed by atoms with Gasteiger partial charge in [-0.1, -0.05) is 0 Å². The molecular weight excluding hydrogens is 382 g/mol. The first kappa shape index (κ1) is 21.5. The number of pyridine rings is 2. The summed E-state index contributed by atoms with van der Waals surface area (Å²) in [5.41, 5.74) is 1.93. The van der Waals surface area contributed by atoms with Crippen molar-refractivity contribution in [3.63, 3.8) is 0 Å². The van der Waals surface area contributed by atoms with Crippen LogP contribution in [0.4, 0.5) is 0 Å². The molecule has 2 heterocycles. The summed E-state index contributed by atoms with van der Waals surface area (Å²) < 4.78 is 12.6. The highest BCUT2D eigenvalue weighted by molar-refractivity contribution is 5.80. The number of esters is 1. The molecule has 0 bridgehead atoms. The molecule has 0 unspecified atom stereocenters. The molecule has 0 radical (unpaired) electrons. The van der Waals surface area contributed by atoms with E-state index in [0.29, 0.717) is 26.3 Å². The highest BCUT2D eigenvalue weighted by Gasteiger charge is 2.12. The van der Waals surface area contributed by atoms with Crippen molar-refractivity contribution in [2.75, 3.05) is 26.3 Å².